The van der Waals surface area contributed by atoms with Gasteiger partial charge in [-0.2, -0.15) is 0 Å². The Morgan fingerprint density at radius 3 is 1.82 bits per heavy atom. The van der Waals surface area contributed by atoms with Gasteiger partial charge in [0.2, 0.25) is 0 Å². The highest BCUT2D eigenvalue weighted by atomic mass is 16.3. The van der Waals surface area contributed by atoms with Crippen LogP contribution in [0.2, 0.25) is 0 Å². The normalized spacial score (nSPS) is 16.6. The maximum absolute atomic E-state index is 6.69. The summed E-state index contributed by atoms with van der Waals surface area (Å²) in [6.07, 6.45) is 2.35. The number of aryl methyl sites for hydroxylation is 3. The van der Waals surface area contributed by atoms with Crippen molar-refractivity contribution in [3.8, 4) is 0 Å². The average molecular weight is 719 g/mol. The molecule has 55 heavy (non-hydrogen) atoms. The monoisotopic (exact) mass is 718 g/mol. The molecule has 0 fully saturated rings. The number of hydrogen-bond acceptors (Lipinski definition) is 3. The highest BCUT2D eigenvalue weighted by Crippen LogP contribution is 2.51. The van der Waals surface area contributed by atoms with E-state index in [1.807, 2.05) is 0 Å². The molecule has 0 saturated heterocycles. The Hall–Kier alpha value is -5.22. The van der Waals surface area contributed by atoms with Gasteiger partial charge in [0.05, 0.1) is 0 Å². The smallest absolute Gasteiger partial charge is 0.252 e. The second-order valence-electron chi connectivity index (χ2n) is 19.1. The Balaban J connectivity index is 1.36. The first-order chi connectivity index (χ1) is 26.1. The van der Waals surface area contributed by atoms with Crippen molar-refractivity contribution < 1.29 is 4.42 Å². The number of furan rings is 1. The molecule has 3 nitrogen and oxygen atoms in total. The van der Waals surface area contributed by atoms with Crippen LogP contribution in [0.25, 0.3) is 21.9 Å². The summed E-state index contributed by atoms with van der Waals surface area (Å²) < 4.78 is 6.69. The summed E-state index contributed by atoms with van der Waals surface area (Å²) in [5, 5.41) is 2.31. The summed E-state index contributed by atoms with van der Waals surface area (Å²) >= 11 is 0. The molecule has 0 N–H and O–H groups in total. The molecule has 0 atom stereocenters. The number of rotatable bonds is 2. The van der Waals surface area contributed by atoms with Crippen molar-refractivity contribution in [2.45, 2.75) is 98.3 Å². The first-order valence-corrected chi connectivity index (χ1v) is 20.2. The van der Waals surface area contributed by atoms with E-state index in [9.17, 15) is 0 Å². The van der Waals surface area contributed by atoms with Crippen molar-refractivity contribution in [1.82, 2.24) is 0 Å². The molecule has 0 bridgehead atoms. The van der Waals surface area contributed by atoms with Gasteiger partial charge in [0.25, 0.3) is 6.71 Å². The number of fused-ring (bicyclic) bond motifs is 8. The van der Waals surface area contributed by atoms with Crippen LogP contribution in [-0.4, -0.2) is 6.71 Å². The zero-order valence-corrected chi connectivity index (χ0v) is 34.1. The third kappa shape index (κ3) is 4.96. The van der Waals surface area contributed by atoms with E-state index in [-0.39, 0.29) is 23.0 Å². The molecule has 6 aromatic carbocycles. The van der Waals surface area contributed by atoms with Crippen LogP contribution in [0.1, 0.15) is 94.7 Å². The Labute approximate surface area is 327 Å². The Bertz CT molecular complexity index is 2760. The number of anilines is 6. The minimum absolute atomic E-state index is 0.0185. The Morgan fingerprint density at radius 1 is 0.545 bits per heavy atom. The van der Waals surface area contributed by atoms with Crippen LogP contribution in [0.4, 0.5) is 34.1 Å². The average Bonchev–Trinajstić information content (AvgIpc) is 3.50. The van der Waals surface area contributed by atoms with E-state index in [1.54, 1.807) is 0 Å². The molecule has 7 aromatic rings. The third-order valence-electron chi connectivity index (χ3n) is 13.3. The van der Waals surface area contributed by atoms with Gasteiger partial charge in [0.15, 0.2) is 0 Å². The second-order valence-corrected chi connectivity index (χ2v) is 19.1. The molecule has 2 aliphatic heterocycles. The molecule has 3 heterocycles. The lowest BCUT2D eigenvalue weighted by Crippen LogP contribution is -2.62. The predicted molar refractivity (Wildman–Crippen MR) is 236 cm³/mol. The Morgan fingerprint density at radius 2 is 1.15 bits per heavy atom. The number of nitrogens with zero attached hydrogens (tertiary/aromatic N) is 2. The number of para-hydroxylation sites is 2. The molecule has 10 rings (SSSR count). The van der Waals surface area contributed by atoms with E-state index in [1.165, 1.54) is 96.7 Å². The topological polar surface area (TPSA) is 19.6 Å². The first-order valence-electron chi connectivity index (χ1n) is 20.2. The van der Waals surface area contributed by atoms with E-state index in [4.69, 9.17) is 4.42 Å². The van der Waals surface area contributed by atoms with E-state index in [0.717, 1.165) is 21.9 Å². The fourth-order valence-electron chi connectivity index (χ4n) is 10.1. The number of hydrogen-bond donors (Lipinski definition) is 0. The molecule has 4 heteroatoms. The van der Waals surface area contributed by atoms with Gasteiger partial charge in [0, 0.05) is 44.9 Å². The molecule has 0 saturated carbocycles. The molecular weight excluding hydrogens is 667 g/mol. The number of benzene rings is 6. The lowest BCUT2D eigenvalue weighted by Gasteiger charge is -2.47. The second kappa shape index (κ2) is 11.4. The van der Waals surface area contributed by atoms with Gasteiger partial charge >= 0.3 is 0 Å². The van der Waals surface area contributed by atoms with E-state index < -0.39 is 0 Å². The summed E-state index contributed by atoms with van der Waals surface area (Å²) in [6, 6.07) is 39.4. The molecule has 0 radical (unpaired) electrons. The van der Waals surface area contributed by atoms with Crippen LogP contribution in [0.5, 0.6) is 0 Å². The highest BCUT2D eigenvalue weighted by molar-refractivity contribution is 7.00. The maximum Gasteiger partial charge on any atom is 0.252 e. The molecule has 0 spiro atoms. The van der Waals surface area contributed by atoms with Gasteiger partial charge < -0.3 is 14.2 Å². The maximum atomic E-state index is 6.69. The van der Waals surface area contributed by atoms with E-state index in [0.29, 0.717) is 0 Å². The summed E-state index contributed by atoms with van der Waals surface area (Å²) in [6.45, 7) is 23.6. The van der Waals surface area contributed by atoms with Crippen LogP contribution >= 0.6 is 0 Å². The largest absolute Gasteiger partial charge is 0.456 e. The lowest BCUT2D eigenvalue weighted by atomic mass is 9.33. The minimum Gasteiger partial charge on any atom is -0.456 e. The first kappa shape index (κ1) is 34.3. The zero-order valence-electron chi connectivity index (χ0n) is 34.1. The van der Waals surface area contributed by atoms with Crippen LogP contribution in [0.3, 0.4) is 0 Å². The van der Waals surface area contributed by atoms with Gasteiger partial charge in [-0.25, -0.2) is 0 Å². The van der Waals surface area contributed by atoms with Crippen LogP contribution in [0, 0.1) is 20.8 Å². The van der Waals surface area contributed by atoms with Gasteiger partial charge in [-0.15, -0.1) is 0 Å². The molecule has 3 aliphatic rings. The molecule has 0 amide bonds. The Kier molecular flexibility index (Phi) is 7.12. The third-order valence-corrected chi connectivity index (χ3v) is 13.3. The molecule has 1 aromatic heterocycles. The van der Waals surface area contributed by atoms with Gasteiger partial charge in [0.1, 0.15) is 11.2 Å². The van der Waals surface area contributed by atoms with Crippen molar-refractivity contribution in [3.05, 3.63) is 137 Å². The molecular formula is C51H51BN2O. The van der Waals surface area contributed by atoms with Crippen LogP contribution in [-0.2, 0) is 16.2 Å². The van der Waals surface area contributed by atoms with Crippen LogP contribution < -0.4 is 26.2 Å². The van der Waals surface area contributed by atoms with E-state index >= 15 is 0 Å². The highest BCUT2D eigenvalue weighted by Gasteiger charge is 2.47. The quantitative estimate of drug-likeness (QED) is 0.166. The summed E-state index contributed by atoms with van der Waals surface area (Å²) in [4.78, 5) is 5.18. The fourth-order valence-corrected chi connectivity index (χ4v) is 10.1. The SMILES string of the molecule is Cc1cc2c3c(c1)N(c1ccccc1C)c1cc4c(cc1B3c1cc3c(cc1N2c1ccc(C(C)(C)C)cc1C)C(C)(C)CCC3(C)C)oc1ccccc14. The fraction of sp³-hybridized carbons (Fsp3) is 0.294. The standard InChI is InChI=1S/C51H51BN2O/c1-30-23-44-48-45(24-30)54(41-20-19-33(25-32(41)3)49(4,5)6)43-28-37-36(50(7,8)21-22-51(37,9)10)27-38(43)52(48)39-29-47-35(34-16-12-14-18-46(34)55-47)26-42(39)53(44)40-17-13-11-15-31(40)2/h11-20,23-29H,21-22H2,1-10H3. The summed E-state index contributed by atoms with van der Waals surface area (Å²) in [7, 11) is 0. The zero-order chi connectivity index (χ0) is 38.3. The molecule has 1 aliphatic carbocycles. The van der Waals surface area contributed by atoms with Crippen LogP contribution in [0.15, 0.2) is 108 Å². The summed E-state index contributed by atoms with van der Waals surface area (Å²) in [5.41, 5.74) is 21.7. The molecule has 274 valence electrons. The van der Waals surface area contributed by atoms with Crippen molar-refractivity contribution in [2.24, 2.45) is 0 Å². The van der Waals surface area contributed by atoms with E-state index in [2.05, 4.69) is 182 Å². The summed E-state index contributed by atoms with van der Waals surface area (Å²) in [5.74, 6) is 0. The van der Waals surface area contributed by atoms with Gasteiger partial charge in [-0.3, -0.25) is 0 Å². The predicted octanol–water partition coefficient (Wildman–Crippen LogP) is 12.2. The van der Waals surface area contributed by atoms with Crippen molar-refractivity contribution in [1.29, 1.82) is 0 Å². The van der Waals surface area contributed by atoms with Crippen molar-refractivity contribution in [2.75, 3.05) is 9.80 Å². The van der Waals surface area contributed by atoms with Gasteiger partial charge in [-0.05, 0) is 148 Å². The minimum atomic E-state index is 0.0185. The molecule has 0 unspecified atom stereocenters. The van der Waals surface area contributed by atoms with Gasteiger partial charge in [-0.1, -0.05) is 103 Å². The lowest BCUT2D eigenvalue weighted by molar-refractivity contribution is 0.332. The van der Waals surface area contributed by atoms with Crippen molar-refractivity contribution in [3.63, 3.8) is 0 Å². The van der Waals surface area contributed by atoms with Crippen molar-refractivity contribution >= 4 is 79.2 Å².